The van der Waals surface area contributed by atoms with Crippen LogP contribution in [0.1, 0.15) is 6.42 Å². The second kappa shape index (κ2) is 6.45. The Balaban J connectivity index is 2.45. The fourth-order valence-corrected chi connectivity index (χ4v) is 1.42. The lowest BCUT2D eigenvalue weighted by atomic mass is 10.1. The first-order chi connectivity index (χ1) is 8.45. The Labute approximate surface area is 103 Å². The molecule has 3 atom stereocenters. The van der Waals surface area contributed by atoms with E-state index in [1.807, 2.05) is 0 Å². The number of nitrogens with one attached hydrogen (secondary N) is 1. The lowest BCUT2D eigenvalue weighted by Crippen LogP contribution is -2.46. The zero-order chi connectivity index (χ0) is 13.7. The molecule has 8 heteroatoms. The van der Waals surface area contributed by atoms with E-state index in [-0.39, 0.29) is 13.2 Å². The van der Waals surface area contributed by atoms with Crippen molar-refractivity contribution in [3.63, 3.8) is 0 Å². The summed E-state index contributed by atoms with van der Waals surface area (Å²) in [5, 5.41) is 29.3. The van der Waals surface area contributed by atoms with Gasteiger partial charge in [0.2, 0.25) is 0 Å². The van der Waals surface area contributed by atoms with Crippen molar-refractivity contribution in [2.75, 3.05) is 13.2 Å². The largest absolute Gasteiger partial charge is 0.480 e. The molecule has 8 nitrogen and oxygen atoms in total. The van der Waals surface area contributed by atoms with Gasteiger partial charge in [-0.15, -0.1) is 0 Å². The molecule has 0 aromatic heterocycles. The van der Waals surface area contributed by atoms with Gasteiger partial charge in [-0.1, -0.05) is 6.08 Å². The summed E-state index contributed by atoms with van der Waals surface area (Å²) in [4.78, 5) is 22.0. The molecule has 1 aliphatic rings. The van der Waals surface area contributed by atoms with E-state index in [1.54, 1.807) is 6.08 Å². The zero-order valence-electron chi connectivity index (χ0n) is 9.57. The van der Waals surface area contributed by atoms with Crippen molar-refractivity contribution in [3.8, 4) is 0 Å². The van der Waals surface area contributed by atoms with Gasteiger partial charge in [0.05, 0.1) is 13.2 Å². The molecule has 0 spiro atoms. The number of aliphatic carboxylic acids is 1. The lowest BCUT2D eigenvalue weighted by molar-refractivity contribution is -0.140. The number of rotatable bonds is 6. The number of carboxylic acid groups (broad SMARTS) is 1. The lowest BCUT2D eigenvalue weighted by Gasteiger charge is -2.18. The second-order valence-electron chi connectivity index (χ2n) is 3.86. The molecule has 0 aliphatic carbocycles. The van der Waals surface area contributed by atoms with Gasteiger partial charge in [-0.25, -0.2) is 0 Å². The Hall–Kier alpha value is -1.48. The molecule has 0 bridgehead atoms. The molecule has 0 aromatic carbocycles. The number of hydrogen-bond acceptors (Lipinski definition) is 6. The molecule has 1 amide bonds. The summed E-state index contributed by atoms with van der Waals surface area (Å²) in [7, 11) is 0. The predicted octanol–water partition coefficient (Wildman–Crippen LogP) is -2.46. The molecule has 18 heavy (non-hydrogen) atoms. The standard InChI is InChI=1S/C10H16N2O6/c11-6(10(16)17)3-7(14)8(15)12-9-5(4-13)1-2-18-9/h1,6-7,9,13-14H,2-4,11H2,(H,12,15)(H,16,17)/t6-,7+,9-/m0/s1. The van der Waals surface area contributed by atoms with E-state index in [0.717, 1.165) is 0 Å². The third-order valence-electron chi connectivity index (χ3n) is 2.50. The van der Waals surface area contributed by atoms with Gasteiger partial charge in [-0.2, -0.15) is 0 Å². The van der Waals surface area contributed by atoms with E-state index < -0.39 is 36.7 Å². The van der Waals surface area contributed by atoms with E-state index in [9.17, 15) is 14.7 Å². The highest BCUT2D eigenvalue weighted by atomic mass is 16.5. The molecule has 6 N–H and O–H groups in total. The molecule has 0 saturated heterocycles. The molecule has 0 fully saturated rings. The van der Waals surface area contributed by atoms with Crippen LogP contribution in [0.3, 0.4) is 0 Å². The van der Waals surface area contributed by atoms with Crippen molar-refractivity contribution >= 4 is 11.9 Å². The summed E-state index contributed by atoms with van der Waals surface area (Å²) in [5.41, 5.74) is 5.68. The second-order valence-corrected chi connectivity index (χ2v) is 3.86. The smallest absolute Gasteiger partial charge is 0.320 e. The fraction of sp³-hybridized carbons (Fsp3) is 0.600. The molecule has 1 rings (SSSR count). The number of carbonyl (C=O) groups is 2. The van der Waals surface area contributed by atoms with Crippen LogP contribution in [0, 0.1) is 0 Å². The maximum atomic E-state index is 11.5. The maximum absolute atomic E-state index is 11.5. The predicted molar refractivity (Wildman–Crippen MR) is 59.3 cm³/mol. The molecule has 0 unspecified atom stereocenters. The van der Waals surface area contributed by atoms with Crippen molar-refractivity contribution in [2.45, 2.75) is 24.8 Å². The first kappa shape index (κ1) is 14.6. The van der Waals surface area contributed by atoms with Crippen molar-refractivity contribution < 1.29 is 29.6 Å². The minimum atomic E-state index is -1.54. The Morgan fingerprint density at radius 3 is 2.83 bits per heavy atom. The Morgan fingerprint density at radius 2 is 2.28 bits per heavy atom. The van der Waals surface area contributed by atoms with Crippen LogP contribution in [-0.4, -0.2) is 58.8 Å². The highest BCUT2D eigenvalue weighted by Gasteiger charge is 2.27. The maximum Gasteiger partial charge on any atom is 0.320 e. The van der Waals surface area contributed by atoms with Gasteiger partial charge in [0.1, 0.15) is 12.1 Å². The Bertz CT molecular complexity index is 356. The minimum absolute atomic E-state index is 0.256. The number of aliphatic hydroxyl groups excluding tert-OH is 2. The molecular formula is C10H16N2O6. The van der Waals surface area contributed by atoms with Crippen LogP contribution < -0.4 is 11.1 Å². The molecule has 1 heterocycles. The summed E-state index contributed by atoms with van der Waals surface area (Å²) in [6.45, 7) is -0.0126. The molecule has 1 aliphatic heterocycles. The summed E-state index contributed by atoms with van der Waals surface area (Å²) in [5.74, 6) is -2.09. The van der Waals surface area contributed by atoms with Gasteiger partial charge < -0.3 is 31.1 Å². The SMILES string of the molecule is N[C@@H](C[C@@H](O)C(=O)N[C@H]1OCC=C1CO)C(=O)O. The molecule has 0 radical (unpaired) electrons. The topological polar surface area (TPSA) is 142 Å². The Kier molecular flexibility index (Phi) is 5.23. The first-order valence-corrected chi connectivity index (χ1v) is 5.34. The summed E-state index contributed by atoms with van der Waals surface area (Å²) in [6.07, 6.45) is -1.12. The first-order valence-electron chi connectivity index (χ1n) is 5.34. The fourth-order valence-electron chi connectivity index (χ4n) is 1.42. The number of carbonyl (C=O) groups excluding carboxylic acids is 1. The number of ether oxygens (including phenoxy) is 1. The van der Waals surface area contributed by atoms with Crippen molar-refractivity contribution in [1.29, 1.82) is 0 Å². The average Bonchev–Trinajstić information content (AvgIpc) is 2.75. The monoisotopic (exact) mass is 260 g/mol. The minimum Gasteiger partial charge on any atom is -0.480 e. The van der Waals surface area contributed by atoms with Crippen molar-refractivity contribution in [2.24, 2.45) is 5.73 Å². The van der Waals surface area contributed by atoms with Crippen LogP contribution in [0.4, 0.5) is 0 Å². The molecule has 0 saturated carbocycles. The third kappa shape index (κ3) is 3.77. The van der Waals surface area contributed by atoms with E-state index in [4.69, 9.17) is 20.7 Å². The summed E-state index contributed by atoms with van der Waals surface area (Å²) in [6, 6.07) is -1.32. The van der Waals surface area contributed by atoms with Crippen LogP contribution in [0.25, 0.3) is 0 Å². The van der Waals surface area contributed by atoms with Crippen LogP contribution >= 0.6 is 0 Å². The van der Waals surface area contributed by atoms with Gasteiger partial charge in [0.25, 0.3) is 5.91 Å². The van der Waals surface area contributed by atoms with E-state index in [0.29, 0.717) is 5.57 Å². The summed E-state index contributed by atoms with van der Waals surface area (Å²) >= 11 is 0. The molecule has 102 valence electrons. The third-order valence-corrected chi connectivity index (χ3v) is 2.50. The van der Waals surface area contributed by atoms with Crippen molar-refractivity contribution in [1.82, 2.24) is 5.32 Å². The van der Waals surface area contributed by atoms with Crippen LogP contribution in [0.5, 0.6) is 0 Å². The van der Waals surface area contributed by atoms with E-state index in [2.05, 4.69) is 5.32 Å². The highest BCUT2D eigenvalue weighted by molar-refractivity contribution is 5.82. The van der Waals surface area contributed by atoms with Crippen LogP contribution in [0.2, 0.25) is 0 Å². The number of aliphatic hydroxyl groups is 2. The zero-order valence-corrected chi connectivity index (χ0v) is 9.57. The quantitative estimate of drug-likeness (QED) is 0.333. The number of carboxylic acids is 1. The van der Waals surface area contributed by atoms with Gasteiger partial charge in [-0.05, 0) is 0 Å². The molecule has 0 aromatic rings. The van der Waals surface area contributed by atoms with Gasteiger partial charge >= 0.3 is 5.97 Å². The van der Waals surface area contributed by atoms with Gasteiger partial charge in [0, 0.05) is 12.0 Å². The van der Waals surface area contributed by atoms with Gasteiger partial charge in [-0.3, -0.25) is 9.59 Å². The van der Waals surface area contributed by atoms with Crippen molar-refractivity contribution in [3.05, 3.63) is 11.6 Å². The average molecular weight is 260 g/mol. The molecular weight excluding hydrogens is 244 g/mol. The normalized spacial score (nSPS) is 22.2. The van der Waals surface area contributed by atoms with E-state index >= 15 is 0 Å². The van der Waals surface area contributed by atoms with Crippen LogP contribution in [0.15, 0.2) is 11.6 Å². The number of hydrogen-bond donors (Lipinski definition) is 5. The highest BCUT2D eigenvalue weighted by Crippen LogP contribution is 2.11. The Morgan fingerprint density at radius 1 is 1.61 bits per heavy atom. The number of amides is 1. The van der Waals surface area contributed by atoms with Gasteiger partial charge in [0.15, 0.2) is 6.23 Å². The summed E-state index contributed by atoms with van der Waals surface area (Å²) < 4.78 is 5.09. The van der Waals surface area contributed by atoms with E-state index in [1.165, 1.54) is 0 Å². The van der Waals surface area contributed by atoms with Crippen LogP contribution in [-0.2, 0) is 14.3 Å². The number of nitrogens with two attached hydrogens (primary N) is 1.